The highest BCUT2D eigenvalue weighted by molar-refractivity contribution is 7.99. The summed E-state index contributed by atoms with van der Waals surface area (Å²) >= 11 is 10.1. The molecule has 2 unspecified atom stereocenters. The first-order valence-electron chi connectivity index (χ1n) is 10.4. The van der Waals surface area contributed by atoms with Gasteiger partial charge in [0.2, 0.25) is 0 Å². The van der Waals surface area contributed by atoms with Crippen LogP contribution in [-0.4, -0.2) is 32.9 Å². The Labute approximate surface area is 202 Å². The fraction of sp³-hybridized carbons (Fsp3) is 0.240. The molecule has 1 aromatic heterocycles. The van der Waals surface area contributed by atoms with E-state index in [0.29, 0.717) is 12.1 Å². The van der Waals surface area contributed by atoms with Crippen molar-refractivity contribution in [2.75, 3.05) is 6.54 Å². The molecular formula is C25H25ClN2O2S2. The number of alkyl halides is 1. The summed E-state index contributed by atoms with van der Waals surface area (Å²) in [6, 6.07) is 14.0. The Hall–Kier alpha value is -2.41. The van der Waals surface area contributed by atoms with Crippen molar-refractivity contribution >= 4 is 46.2 Å². The number of hydrogen-bond acceptors (Lipinski definition) is 5. The Kier molecular flexibility index (Phi) is 7.13. The summed E-state index contributed by atoms with van der Waals surface area (Å²) in [5.41, 5.74) is 3.06. The molecule has 0 saturated carbocycles. The summed E-state index contributed by atoms with van der Waals surface area (Å²) in [5.74, 6) is -0.0885. The maximum atomic E-state index is 12.1. The zero-order valence-electron chi connectivity index (χ0n) is 17.7. The van der Waals surface area contributed by atoms with Gasteiger partial charge in [-0.1, -0.05) is 60.7 Å². The lowest BCUT2D eigenvalue weighted by Crippen LogP contribution is -2.41. The number of thiophene rings is 1. The lowest BCUT2D eigenvalue weighted by Gasteiger charge is -2.33. The molecule has 0 spiro atoms. The van der Waals surface area contributed by atoms with Gasteiger partial charge in [0.25, 0.3) is 0 Å². The topological polar surface area (TPSA) is 52.6 Å². The maximum absolute atomic E-state index is 12.1. The number of halogens is 1. The van der Waals surface area contributed by atoms with Crippen LogP contribution < -0.4 is 5.32 Å². The number of nitrogens with one attached hydrogen (secondary N) is 1. The number of aliphatic carboxylic acids is 1. The Morgan fingerprint density at radius 2 is 2.09 bits per heavy atom. The minimum Gasteiger partial charge on any atom is -0.478 e. The van der Waals surface area contributed by atoms with Crippen molar-refractivity contribution in [3.8, 4) is 0 Å². The fourth-order valence-corrected chi connectivity index (χ4v) is 5.97. The first kappa shape index (κ1) is 22.8. The Bertz CT molecular complexity index is 1080. The average molecular weight is 485 g/mol. The normalized spacial score (nSPS) is 23.0. The van der Waals surface area contributed by atoms with E-state index in [1.807, 2.05) is 67.1 Å². The highest BCUT2D eigenvalue weighted by Crippen LogP contribution is 2.35. The van der Waals surface area contributed by atoms with Crippen LogP contribution >= 0.6 is 34.7 Å². The molecule has 4 rings (SSSR count). The van der Waals surface area contributed by atoms with Crippen LogP contribution in [0.15, 0.2) is 89.6 Å². The predicted molar refractivity (Wildman–Crippen MR) is 135 cm³/mol. The van der Waals surface area contributed by atoms with E-state index in [0.717, 1.165) is 28.3 Å². The summed E-state index contributed by atoms with van der Waals surface area (Å²) < 4.78 is 0. The number of carbonyl (C=O) groups is 1. The third-order valence-corrected chi connectivity index (χ3v) is 7.92. The average Bonchev–Trinajstić information content (AvgIpc) is 3.43. The standard InChI is InChI=1S/C25H25ClN2O2S2/c1-18(22(23(29)30)21-11-8-14-31-21)20-15-28(17-25(26)12-6-3-7-13-25)24(27-20)32-16-19-9-4-2-5-10-19/h2-12,14-15,24,27H,13,16-17H2,1H3,(H,29,30). The molecule has 2 aliphatic rings. The highest BCUT2D eigenvalue weighted by Gasteiger charge is 2.34. The molecule has 0 saturated heterocycles. The van der Waals surface area contributed by atoms with Gasteiger partial charge in [0.1, 0.15) is 5.50 Å². The van der Waals surface area contributed by atoms with Gasteiger partial charge in [-0.3, -0.25) is 0 Å². The monoisotopic (exact) mass is 484 g/mol. The summed E-state index contributed by atoms with van der Waals surface area (Å²) in [6.07, 6.45) is 10.9. The first-order valence-corrected chi connectivity index (χ1v) is 12.7. The second kappa shape index (κ2) is 10.0. The molecule has 2 aromatic rings. The molecule has 0 radical (unpaired) electrons. The van der Waals surface area contributed by atoms with E-state index >= 15 is 0 Å². The SMILES string of the molecule is CC(C1=CN(CC2(Cl)C=CC=CC2)C(SCc2ccccc2)N1)=C(C(=O)O)c1cccs1. The molecule has 1 aliphatic carbocycles. The van der Waals surface area contributed by atoms with E-state index in [4.69, 9.17) is 11.6 Å². The first-order chi connectivity index (χ1) is 15.5. The molecule has 2 N–H and O–H groups in total. The molecule has 32 heavy (non-hydrogen) atoms. The molecule has 2 atom stereocenters. The lowest BCUT2D eigenvalue weighted by molar-refractivity contribution is -0.130. The number of hydrogen-bond donors (Lipinski definition) is 2. The number of carboxylic acid groups (broad SMARTS) is 1. The van der Waals surface area contributed by atoms with Crippen molar-refractivity contribution in [2.45, 2.75) is 29.5 Å². The molecule has 7 heteroatoms. The van der Waals surface area contributed by atoms with Gasteiger partial charge >= 0.3 is 5.97 Å². The van der Waals surface area contributed by atoms with Crippen LogP contribution in [0.4, 0.5) is 0 Å². The largest absolute Gasteiger partial charge is 0.478 e. The van der Waals surface area contributed by atoms with Crippen molar-refractivity contribution in [1.29, 1.82) is 0 Å². The summed E-state index contributed by atoms with van der Waals surface area (Å²) in [7, 11) is 0. The Morgan fingerprint density at radius 3 is 2.75 bits per heavy atom. The van der Waals surface area contributed by atoms with Crippen LogP contribution in [-0.2, 0) is 10.5 Å². The van der Waals surface area contributed by atoms with Crippen LogP contribution in [0.5, 0.6) is 0 Å². The van der Waals surface area contributed by atoms with Crippen molar-refractivity contribution in [2.24, 2.45) is 0 Å². The number of benzene rings is 1. The Balaban J connectivity index is 1.61. The molecule has 4 nitrogen and oxygen atoms in total. The van der Waals surface area contributed by atoms with Gasteiger partial charge in [-0.05, 0) is 35.9 Å². The third-order valence-electron chi connectivity index (χ3n) is 5.43. The van der Waals surface area contributed by atoms with Gasteiger partial charge in [0, 0.05) is 23.4 Å². The van der Waals surface area contributed by atoms with E-state index in [9.17, 15) is 9.90 Å². The lowest BCUT2D eigenvalue weighted by atomic mass is 9.99. The van der Waals surface area contributed by atoms with Crippen LogP contribution in [0.1, 0.15) is 23.8 Å². The highest BCUT2D eigenvalue weighted by atomic mass is 35.5. The summed E-state index contributed by atoms with van der Waals surface area (Å²) in [4.78, 5) is 14.5. The van der Waals surface area contributed by atoms with Crippen molar-refractivity contribution < 1.29 is 9.90 Å². The molecule has 1 aliphatic heterocycles. The maximum Gasteiger partial charge on any atom is 0.337 e. The molecule has 1 aromatic carbocycles. The molecule has 166 valence electrons. The van der Waals surface area contributed by atoms with E-state index in [1.54, 1.807) is 11.8 Å². The van der Waals surface area contributed by atoms with E-state index < -0.39 is 10.8 Å². The number of thioether (sulfide) groups is 1. The van der Waals surface area contributed by atoms with Crippen LogP contribution in [0, 0.1) is 0 Å². The predicted octanol–water partition coefficient (Wildman–Crippen LogP) is 6.06. The van der Waals surface area contributed by atoms with Crippen LogP contribution in [0.3, 0.4) is 0 Å². The molecular weight excluding hydrogens is 460 g/mol. The number of carboxylic acids is 1. The number of rotatable bonds is 8. The zero-order chi connectivity index (χ0) is 22.6. The number of allylic oxidation sites excluding steroid dienone is 4. The zero-order valence-corrected chi connectivity index (χ0v) is 20.1. The molecule has 0 bridgehead atoms. The van der Waals surface area contributed by atoms with Gasteiger partial charge in [-0.25, -0.2) is 4.79 Å². The van der Waals surface area contributed by atoms with Crippen molar-refractivity contribution in [3.05, 3.63) is 100 Å². The van der Waals surface area contributed by atoms with E-state index in [2.05, 4.69) is 28.4 Å². The molecule has 0 amide bonds. The third kappa shape index (κ3) is 5.31. The second-order valence-corrected chi connectivity index (χ2v) is 10.6. The second-order valence-electron chi connectivity index (χ2n) is 7.82. The molecule has 2 heterocycles. The van der Waals surface area contributed by atoms with E-state index in [-0.39, 0.29) is 5.50 Å². The van der Waals surface area contributed by atoms with Crippen molar-refractivity contribution in [3.63, 3.8) is 0 Å². The fourth-order valence-electron chi connectivity index (χ4n) is 3.77. The van der Waals surface area contributed by atoms with E-state index in [1.165, 1.54) is 16.9 Å². The van der Waals surface area contributed by atoms with Gasteiger partial charge in [0.15, 0.2) is 0 Å². The Morgan fingerprint density at radius 1 is 1.28 bits per heavy atom. The van der Waals surface area contributed by atoms with Gasteiger partial charge in [-0.15, -0.1) is 34.7 Å². The van der Waals surface area contributed by atoms with Crippen LogP contribution in [0.2, 0.25) is 0 Å². The minimum atomic E-state index is -0.922. The quantitative estimate of drug-likeness (QED) is 0.352. The van der Waals surface area contributed by atoms with Crippen LogP contribution in [0.25, 0.3) is 5.57 Å². The summed E-state index contributed by atoms with van der Waals surface area (Å²) in [5, 5.41) is 15.3. The minimum absolute atomic E-state index is 0.0477. The smallest absolute Gasteiger partial charge is 0.337 e. The van der Waals surface area contributed by atoms with Gasteiger partial charge < -0.3 is 15.3 Å². The molecule has 0 fully saturated rings. The van der Waals surface area contributed by atoms with Gasteiger partial charge in [0.05, 0.1) is 16.1 Å². The summed E-state index contributed by atoms with van der Waals surface area (Å²) in [6.45, 7) is 2.48. The van der Waals surface area contributed by atoms with Crippen molar-refractivity contribution in [1.82, 2.24) is 10.2 Å². The number of nitrogens with zero attached hydrogens (tertiary/aromatic N) is 1. The van der Waals surface area contributed by atoms with Gasteiger partial charge in [-0.2, -0.15) is 0 Å².